The molecule has 0 aromatic carbocycles. The lowest BCUT2D eigenvalue weighted by Gasteiger charge is -2.08. The highest BCUT2D eigenvalue weighted by Gasteiger charge is 2.36. The van der Waals surface area contributed by atoms with Crippen LogP contribution in [0.4, 0.5) is 0 Å². The molecule has 2 unspecified atom stereocenters. The number of allylic oxidation sites excluding steroid dienone is 2. The van der Waals surface area contributed by atoms with E-state index in [2.05, 4.69) is 13.0 Å². The summed E-state index contributed by atoms with van der Waals surface area (Å²) in [4.78, 5) is 11.0. The van der Waals surface area contributed by atoms with Gasteiger partial charge in [0.25, 0.3) is 0 Å². The molecule has 1 nitrogen and oxygen atoms in total. The van der Waals surface area contributed by atoms with Crippen LogP contribution < -0.4 is 0 Å². The summed E-state index contributed by atoms with van der Waals surface area (Å²) in [6.07, 6.45) is 5.12. The smallest absolute Gasteiger partial charge is 0.133 e. The highest BCUT2D eigenvalue weighted by atomic mass is 16.1. The van der Waals surface area contributed by atoms with Crippen LogP contribution in [0.5, 0.6) is 0 Å². The van der Waals surface area contributed by atoms with E-state index in [1.165, 1.54) is 5.57 Å². The third kappa shape index (κ3) is 0.731. The Morgan fingerprint density at radius 1 is 1.50 bits per heavy atom. The second kappa shape index (κ2) is 1.94. The third-order valence-electron chi connectivity index (χ3n) is 2.83. The second-order valence-electron chi connectivity index (χ2n) is 3.50. The quantitative estimate of drug-likeness (QED) is 0.465. The van der Waals surface area contributed by atoms with Crippen LogP contribution in [0, 0.1) is 11.8 Å². The van der Waals surface area contributed by atoms with Gasteiger partial charge in [0, 0.05) is 12.8 Å². The van der Waals surface area contributed by atoms with Crippen LogP contribution in [-0.2, 0) is 4.79 Å². The number of fused-ring (bicyclic) bond motifs is 1. The van der Waals surface area contributed by atoms with Crippen LogP contribution >= 0.6 is 0 Å². The molecule has 1 saturated carbocycles. The summed E-state index contributed by atoms with van der Waals surface area (Å²) in [6, 6.07) is 0. The molecule has 2 aliphatic carbocycles. The summed E-state index contributed by atoms with van der Waals surface area (Å²) in [6.45, 7) is 2.16. The van der Waals surface area contributed by atoms with Gasteiger partial charge in [-0.15, -0.1) is 0 Å². The molecule has 10 heavy (non-hydrogen) atoms. The standard InChI is InChI=1S/C9H12O/c1-6-2-3-7-4-8(10)5-9(6)7/h2,7,9H,3-5H2,1H3. The molecule has 2 aliphatic rings. The molecule has 54 valence electrons. The second-order valence-corrected chi connectivity index (χ2v) is 3.50. The van der Waals surface area contributed by atoms with E-state index < -0.39 is 0 Å². The van der Waals surface area contributed by atoms with Gasteiger partial charge in [0.15, 0.2) is 0 Å². The Labute approximate surface area is 61.1 Å². The Balaban J connectivity index is 2.20. The first kappa shape index (κ1) is 6.14. The maximum absolute atomic E-state index is 11.0. The topological polar surface area (TPSA) is 17.1 Å². The number of rotatable bonds is 0. The molecule has 0 saturated heterocycles. The molecular formula is C9H12O. The predicted molar refractivity (Wildman–Crippen MR) is 39.6 cm³/mol. The molecule has 0 aromatic heterocycles. The van der Waals surface area contributed by atoms with Crippen molar-refractivity contribution < 1.29 is 4.79 Å². The van der Waals surface area contributed by atoms with Gasteiger partial charge in [-0.3, -0.25) is 4.79 Å². The summed E-state index contributed by atoms with van der Waals surface area (Å²) in [5.41, 5.74) is 1.45. The molecule has 1 fully saturated rings. The van der Waals surface area contributed by atoms with Crippen LogP contribution in [0.15, 0.2) is 11.6 Å². The maximum Gasteiger partial charge on any atom is 0.133 e. The zero-order valence-electron chi connectivity index (χ0n) is 6.26. The fraction of sp³-hybridized carbons (Fsp3) is 0.667. The van der Waals surface area contributed by atoms with Crippen molar-refractivity contribution in [3.05, 3.63) is 11.6 Å². The van der Waals surface area contributed by atoms with Gasteiger partial charge < -0.3 is 0 Å². The molecule has 2 rings (SSSR count). The summed E-state index contributed by atoms with van der Waals surface area (Å²) >= 11 is 0. The Morgan fingerprint density at radius 3 is 3.00 bits per heavy atom. The van der Waals surface area contributed by atoms with Gasteiger partial charge in [-0.05, 0) is 25.2 Å². The van der Waals surface area contributed by atoms with Crippen molar-refractivity contribution in [1.29, 1.82) is 0 Å². The lowest BCUT2D eigenvalue weighted by molar-refractivity contribution is -0.117. The van der Waals surface area contributed by atoms with E-state index in [1.54, 1.807) is 0 Å². The molecule has 0 spiro atoms. The molecule has 0 bridgehead atoms. The van der Waals surface area contributed by atoms with Crippen LogP contribution in [-0.4, -0.2) is 5.78 Å². The molecule has 1 heteroatoms. The average Bonchev–Trinajstić information content (AvgIpc) is 2.35. The van der Waals surface area contributed by atoms with Gasteiger partial charge in [-0.1, -0.05) is 11.6 Å². The Morgan fingerprint density at radius 2 is 2.30 bits per heavy atom. The van der Waals surface area contributed by atoms with E-state index in [0.29, 0.717) is 17.6 Å². The van der Waals surface area contributed by atoms with Crippen LogP contribution in [0.2, 0.25) is 0 Å². The Bertz CT molecular complexity index is 203. The van der Waals surface area contributed by atoms with Crippen molar-refractivity contribution in [2.24, 2.45) is 11.8 Å². The minimum atomic E-state index is 0.474. The monoisotopic (exact) mass is 136 g/mol. The van der Waals surface area contributed by atoms with Gasteiger partial charge in [-0.2, -0.15) is 0 Å². The van der Waals surface area contributed by atoms with E-state index in [4.69, 9.17) is 0 Å². The average molecular weight is 136 g/mol. The summed E-state index contributed by atoms with van der Waals surface area (Å²) in [5.74, 6) is 1.79. The van der Waals surface area contributed by atoms with Crippen molar-refractivity contribution >= 4 is 5.78 Å². The highest BCUT2D eigenvalue weighted by molar-refractivity contribution is 5.82. The molecule has 0 aliphatic heterocycles. The van der Waals surface area contributed by atoms with E-state index in [1.807, 2.05) is 0 Å². The van der Waals surface area contributed by atoms with Crippen molar-refractivity contribution in [3.8, 4) is 0 Å². The molecule has 0 heterocycles. The summed E-state index contributed by atoms with van der Waals surface area (Å²) < 4.78 is 0. The lowest BCUT2D eigenvalue weighted by atomic mass is 9.96. The zero-order chi connectivity index (χ0) is 7.14. The van der Waals surface area contributed by atoms with Gasteiger partial charge in [0.2, 0.25) is 0 Å². The largest absolute Gasteiger partial charge is 0.300 e. The Kier molecular flexibility index (Phi) is 1.19. The molecule has 0 aromatic rings. The number of hydrogen-bond donors (Lipinski definition) is 0. The van der Waals surface area contributed by atoms with Gasteiger partial charge in [-0.25, -0.2) is 0 Å². The minimum Gasteiger partial charge on any atom is -0.300 e. The van der Waals surface area contributed by atoms with Crippen LogP contribution in [0.25, 0.3) is 0 Å². The first-order chi connectivity index (χ1) is 4.77. The third-order valence-corrected chi connectivity index (χ3v) is 2.83. The molecule has 0 amide bonds. The van der Waals surface area contributed by atoms with Crippen molar-refractivity contribution in [2.75, 3.05) is 0 Å². The molecule has 2 atom stereocenters. The number of carbonyl (C=O) groups excluding carboxylic acids is 1. The van der Waals surface area contributed by atoms with Gasteiger partial charge >= 0.3 is 0 Å². The molecule has 0 N–H and O–H groups in total. The van der Waals surface area contributed by atoms with Crippen molar-refractivity contribution in [2.45, 2.75) is 26.2 Å². The van der Waals surface area contributed by atoms with E-state index in [9.17, 15) is 4.79 Å². The first-order valence-electron chi connectivity index (χ1n) is 3.95. The zero-order valence-corrected chi connectivity index (χ0v) is 6.26. The number of ketones is 1. The Hall–Kier alpha value is -0.590. The fourth-order valence-corrected chi connectivity index (χ4v) is 2.20. The number of hydrogen-bond acceptors (Lipinski definition) is 1. The summed E-state index contributed by atoms with van der Waals surface area (Å²) in [7, 11) is 0. The molecular weight excluding hydrogens is 124 g/mol. The van der Waals surface area contributed by atoms with Gasteiger partial charge in [0.1, 0.15) is 5.78 Å². The normalized spacial score (nSPS) is 38.1. The minimum absolute atomic E-state index is 0.474. The van der Waals surface area contributed by atoms with Crippen molar-refractivity contribution in [1.82, 2.24) is 0 Å². The predicted octanol–water partition coefficient (Wildman–Crippen LogP) is 1.93. The maximum atomic E-state index is 11.0. The molecule has 0 radical (unpaired) electrons. The van der Waals surface area contributed by atoms with E-state index in [-0.39, 0.29) is 0 Å². The van der Waals surface area contributed by atoms with E-state index >= 15 is 0 Å². The van der Waals surface area contributed by atoms with Crippen LogP contribution in [0.1, 0.15) is 26.2 Å². The highest BCUT2D eigenvalue weighted by Crippen LogP contribution is 2.41. The summed E-state index contributed by atoms with van der Waals surface area (Å²) in [5, 5.41) is 0. The first-order valence-corrected chi connectivity index (χ1v) is 3.95. The van der Waals surface area contributed by atoms with Crippen LogP contribution in [0.3, 0.4) is 0 Å². The van der Waals surface area contributed by atoms with Crippen molar-refractivity contribution in [3.63, 3.8) is 0 Å². The fourth-order valence-electron chi connectivity index (χ4n) is 2.20. The number of carbonyl (C=O) groups is 1. The van der Waals surface area contributed by atoms with Gasteiger partial charge in [0.05, 0.1) is 0 Å². The SMILES string of the molecule is CC1=CCC2CC(=O)CC12. The lowest BCUT2D eigenvalue weighted by Crippen LogP contribution is -2.00. The number of Topliss-reactive ketones (excluding diaryl/α,β-unsaturated/α-hetero) is 1. The van der Waals surface area contributed by atoms with E-state index in [0.717, 1.165) is 19.3 Å².